The van der Waals surface area contributed by atoms with Gasteiger partial charge in [-0.25, -0.2) is 18.2 Å². The third-order valence-electron chi connectivity index (χ3n) is 6.32. The van der Waals surface area contributed by atoms with Gasteiger partial charge < -0.3 is 26.8 Å². The SMILES string of the molecule is CCCCCCCNC(=O)Nc1ccc(S(=O)(=O)Nc2ccc(CCNCC(O)c3ccc(N)nc3)cc2)cc1. The number of anilines is 3. The van der Waals surface area contributed by atoms with Crippen molar-refractivity contribution < 1.29 is 18.3 Å². The molecular weight excluding hydrogens is 528 g/mol. The van der Waals surface area contributed by atoms with Crippen LogP contribution in [0.25, 0.3) is 0 Å². The van der Waals surface area contributed by atoms with E-state index in [1.165, 1.54) is 31.4 Å². The van der Waals surface area contributed by atoms with Gasteiger partial charge in [0.1, 0.15) is 5.82 Å². The van der Waals surface area contributed by atoms with Crippen molar-refractivity contribution in [3.63, 3.8) is 0 Å². The first-order chi connectivity index (χ1) is 19.3. The number of nitrogens with one attached hydrogen (secondary N) is 4. The molecular formula is C29H40N6O4S. The van der Waals surface area contributed by atoms with E-state index in [1.54, 1.807) is 42.6 Å². The van der Waals surface area contributed by atoms with Crippen LogP contribution in [0.4, 0.5) is 22.0 Å². The summed E-state index contributed by atoms with van der Waals surface area (Å²) in [5, 5.41) is 19.0. The van der Waals surface area contributed by atoms with Crippen molar-refractivity contribution >= 4 is 33.2 Å². The Hall–Kier alpha value is -3.67. The van der Waals surface area contributed by atoms with Crippen molar-refractivity contribution in [1.29, 1.82) is 0 Å². The fraction of sp³-hybridized carbons (Fsp3) is 0.379. The molecule has 11 heteroatoms. The predicted molar refractivity (Wildman–Crippen MR) is 160 cm³/mol. The quantitative estimate of drug-likeness (QED) is 0.140. The molecule has 0 aliphatic carbocycles. The zero-order valence-electron chi connectivity index (χ0n) is 22.9. The van der Waals surface area contributed by atoms with Gasteiger partial charge in [0.15, 0.2) is 0 Å². The smallest absolute Gasteiger partial charge is 0.319 e. The molecule has 40 heavy (non-hydrogen) atoms. The van der Waals surface area contributed by atoms with Gasteiger partial charge >= 0.3 is 6.03 Å². The van der Waals surface area contributed by atoms with Crippen LogP contribution in [-0.4, -0.2) is 44.2 Å². The van der Waals surface area contributed by atoms with Crippen LogP contribution in [0.2, 0.25) is 0 Å². The van der Waals surface area contributed by atoms with E-state index in [-0.39, 0.29) is 10.9 Å². The zero-order chi connectivity index (χ0) is 28.8. The summed E-state index contributed by atoms with van der Waals surface area (Å²) in [6.07, 6.45) is 7.16. The summed E-state index contributed by atoms with van der Waals surface area (Å²) in [6.45, 7) is 3.78. The van der Waals surface area contributed by atoms with Gasteiger partial charge in [0.05, 0.1) is 11.0 Å². The molecule has 1 aromatic heterocycles. The summed E-state index contributed by atoms with van der Waals surface area (Å²) in [6, 6.07) is 16.3. The van der Waals surface area contributed by atoms with Crippen molar-refractivity contribution in [2.24, 2.45) is 0 Å². The van der Waals surface area contributed by atoms with E-state index in [1.807, 2.05) is 12.1 Å². The number of amides is 2. The molecule has 3 rings (SSSR count). The molecule has 0 saturated heterocycles. The molecule has 0 radical (unpaired) electrons. The first-order valence-corrected chi connectivity index (χ1v) is 15.1. The number of pyridine rings is 1. The highest BCUT2D eigenvalue weighted by Crippen LogP contribution is 2.19. The molecule has 1 atom stereocenters. The maximum atomic E-state index is 12.8. The molecule has 1 heterocycles. The standard InChI is InChI=1S/C29H40N6O4S/c1-2-3-4-5-6-18-32-29(37)34-24-12-14-26(15-13-24)40(38,39)35-25-10-7-22(8-11-25)17-19-31-21-27(36)23-9-16-28(30)33-20-23/h7-16,20,27,31,35-36H,2-6,17-19,21H2,1H3,(H2,30,33)(H2,32,34,37). The van der Waals surface area contributed by atoms with Gasteiger partial charge in [-0.15, -0.1) is 0 Å². The average Bonchev–Trinajstić information content (AvgIpc) is 2.94. The fourth-order valence-corrected chi connectivity index (χ4v) is 5.04. The van der Waals surface area contributed by atoms with Gasteiger partial charge in [-0.1, -0.05) is 50.8 Å². The number of urea groups is 1. The van der Waals surface area contributed by atoms with Gasteiger partial charge in [0.25, 0.3) is 10.0 Å². The van der Waals surface area contributed by atoms with E-state index in [0.717, 1.165) is 18.4 Å². The first kappa shape index (κ1) is 30.9. The number of sulfonamides is 1. The molecule has 7 N–H and O–H groups in total. The largest absolute Gasteiger partial charge is 0.387 e. The zero-order valence-corrected chi connectivity index (χ0v) is 23.7. The number of nitrogen functional groups attached to an aromatic ring is 1. The molecule has 1 unspecified atom stereocenters. The number of aliphatic hydroxyl groups excluding tert-OH is 1. The average molecular weight is 569 g/mol. The third kappa shape index (κ3) is 10.5. The predicted octanol–water partition coefficient (Wildman–Crippen LogP) is 4.42. The highest BCUT2D eigenvalue weighted by molar-refractivity contribution is 7.92. The number of unbranched alkanes of at least 4 members (excludes halogenated alkanes) is 4. The van der Waals surface area contributed by atoms with E-state index < -0.39 is 16.1 Å². The van der Waals surface area contributed by atoms with Crippen LogP contribution in [0.1, 0.15) is 56.3 Å². The lowest BCUT2D eigenvalue weighted by atomic mass is 10.1. The molecule has 10 nitrogen and oxygen atoms in total. The van der Waals surface area contributed by atoms with Crippen LogP contribution in [-0.2, 0) is 16.4 Å². The van der Waals surface area contributed by atoms with Crippen molar-refractivity contribution in [3.8, 4) is 0 Å². The van der Waals surface area contributed by atoms with E-state index in [0.29, 0.717) is 48.8 Å². The van der Waals surface area contributed by atoms with Gasteiger partial charge in [-0.3, -0.25) is 4.72 Å². The van der Waals surface area contributed by atoms with Gasteiger partial charge in [-0.05, 0) is 67.4 Å². The van der Waals surface area contributed by atoms with Crippen LogP contribution in [0.3, 0.4) is 0 Å². The fourth-order valence-electron chi connectivity index (χ4n) is 3.98. The third-order valence-corrected chi connectivity index (χ3v) is 7.71. The second-order valence-electron chi connectivity index (χ2n) is 9.61. The maximum Gasteiger partial charge on any atom is 0.319 e. The first-order valence-electron chi connectivity index (χ1n) is 13.6. The van der Waals surface area contributed by atoms with Crippen molar-refractivity contribution in [3.05, 3.63) is 78.0 Å². The number of nitrogens with two attached hydrogens (primary N) is 1. The lowest BCUT2D eigenvalue weighted by Crippen LogP contribution is -2.29. The monoisotopic (exact) mass is 568 g/mol. The molecule has 0 saturated carbocycles. The Labute approximate surface area is 236 Å². The molecule has 0 aliphatic rings. The summed E-state index contributed by atoms with van der Waals surface area (Å²) in [5.74, 6) is 0.407. The summed E-state index contributed by atoms with van der Waals surface area (Å²) in [4.78, 5) is 16.1. The van der Waals surface area contributed by atoms with Crippen LogP contribution >= 0.6 is 0 Å². The Balaban J connectivity index is 1.40. The van der Waals surface area contributed by atoms with E-state index in [2.05, 4.69) is 32.6 Å². The minimum atomic E-state index is -3.79. The molecule has 0 fully saturated rings. The number of rotatable bonds is 16. The highest BCUT2D eigenvalue weighted by atomic mass is 32.2. The summed E-state index contributed by atoms with van der Waals surface area (Å²) < 4.78 is 28.2. The molecule has 3 aromatic rings. The number of carbonyl (C=O) groups is 1. The lowest BCUT2D eigenvalue weighted by molar-refractivity contribution is 0.175. The van der Waals surface area contributed by atoms with Crippen LogP contribution in [0.15, 0.2) is 71.8 Å². The van der Waals surface area contributed by atoms with E-state index >= 15 is 0 Å². The Morgan fingerprint density at radius 3 is 2.30 bits per heavy atom. The number of carbonyl (C=O) groups excluding carboxylic acids is 1. The second kappa shape index (κ2) is 15.8. The maximum absolute atomic E-state index is 12.8. The summed E-state index contributed by atoms with van der Waals surface area (Å²) in [5.41, 5.74) is 8.25. The lowest BCUT2D eigenvalue weighted by Gasteiger charge is -2.12. The molecule has 0 bridgehead atoms. The van der Waals surface area contributed by atoms with Crippen LogP contribution in [0.5, 0.6) is 0 Å². The van der Waals surface area contributed by atoms with E-state index in [4.69, 9.17) is 5.73 Å². The van der Waals surface area contributed by atoms with Gasteiger partial charge in [0, 0.05) is 36.2 Å². The minimum Gasteiger partial charge on any atom is -0.387 e. The molecule has 0 spiro atoms. The molecule has 2 aromatic carbocycles. The number of benzene rings is 2. The molecule has 216 valence electrons. The Kier molecular flexibility index (Phi) is 12.2. The van der Waals surface area contributed by atoms with Crippen molar-refractivity contribution in [2.75, 3.05) is 35.4 Å². The van der Waals surface area contributed by atoms with Crippen molar-refractivity contribution in [1.82, 2.24) is 15.6 Å². The van der Waals surface area contributed by atoms with Gasteiger partial charge in [0.2, 0.25) is 0 Å². The summed E-state index contributed by atoms with van der Waals surface area (Å²) in [7, 11) is -3.79. The second-order valence-corrected chi connectivity index (χ2v) is 11.3. The normalized spacial score (nSPS) is 12.1. The van der Waals surface area contributed by atoms with Crippen LogP contribution in [0, 0.1) is 0 Å². The topological polar surface area (TPSA) is 158 Å². The number of hydrogen-bond donors (Lipinski definition) is 6. The minimum absolute atomic E-state index is 0.0949. The highest BCUT2D eigenvalue weighted by Gasteiger charge is 2.14. The van der Waals surface area contributed by atoms with Gasteiger partial charge in [-0.2, -0.15) is 0 Å². The number of hydrogen-bond acceptors (Lipinski definition) is 7. The molecule has 0 aliphatic heterocycles. The van der Waals surface area contributed by atoms with Crippen LogP contribution < -0.4 is 26.4 Å². The van der Waals surface area contributed by atoms with Crippen molar-refractivity contribution in [2.45, 2.75) is 56.4 Å². The van der Waals surface area contributed by atoms with E-state index in [9.17, 15) is 18.3 Å². The Bertz CT molecular complexity index is 1280. The number of nitrogens with zero attached hydrogens (tertiary/aromatic N) is 1. The number of aromatic nitrogens is 1. The number of aliphatic hydroxyl groups is 1. The Morgan fingerprint density at radius 1 is 0.925 bits per heavy atom. The molecule has 2 amide bonds. The summed E-state index contributed by atoms with van der Waals surface area (Å²) >= 11 is 0. The Morgan fingerprint density at radius 2 is 1.62 bits per heavy atom.